The molecule has 0 amide bonds. The van der Waals surface area contributed by atoms with Gasteiger partial charge in [-0.25, -0.2) is 0 Å². The van der Waals surface area contributed by atoms with E-state index < -0.39 is 0 Å². The zero-order valence-electron chi connectivity index (χ0n) is 13.2. The van der Waals surface area contributed by atoms with Gasteiger partial charge >= 0.3 is 0 Å². The minimum Gasteiger partial charge on any atom is -0.290 e. The fraction of sp³-hybridized carbons (Fsp3) is 0.300. The van der Waals surface area contributed by atoms with E-state index in [1.165, 1.54) is 0 Å². The first-order valence-corrected chi connectivity index (χ1v) is 7.64. The molecule has 2 aromatic carbocycles. The summed E-state index contributed by atoms with van der Waals surface area (Å²) in [5.41, 5.74) is 3.59. The lowest BCUT2D eigenvalue weighted by atomic mass is 9.68. The lowest BCUT2D eigenvalue weighted by Crippen LogP contribution is -2.28. The zero-order chi connectivity index (χ0) is 15.9. The normalized spacial score (nSPS) is 18.2. The zero-order valence-corrected chi connectivity index (χ0v) is 13.2. The monoisotopic (exact) mass is 292 g/mol. The Kier molecular flexibility index (Phi) is 3.48. The quantitative estimate of drug-likeness (QED) is 0.683. The predicted molar refractivity (Wildman–Crippen MR) is 87.2 cm³/mol. The van der Waals surface area contributed by atoms with Crippen molar-refractivity contribution < 1.29 is 9.59 Å². The summed E-state index contributed by atoms with van der Waals surface area (Å²) >= 11 is 0. The maximum atomic E-state index is 12.5. The SMILES string of the molecule is CC(C)(C)C1c2ccccc2CC(=O)C(=O)c2ccccc21. The van der Waals surface area contributed by atoms with Crippen LogP contribution in [-0.2, 0) is 11.2 Å². The molecule has 0 saturated carbocycles. The first-order chi connectivity index (χ1) is 10.4. The lowest BCUT2D eigenvalue weighted by molar-refractivity contribution is -0.114. The van der Waals surface area contributed by atoms with Crippen LogP contribution < -0.4 is 0 Å². The van der Waals surface area contributed by atoms with Gasteiger partial charge in [-0.1, -0.05) is 69.3 Å². The van der Waals surface area contributed by atoms with E-state index >= 15 is 0 Å². The van der Waals surface area contributed by atoms with Gasteiger partial charge < -0.3 is 0 Å². The van der Waals surface area contributed by atoms with Crippen LogP contribution in [0.2, 0.25) is 0 Å². The van der Waals surface area contributed by atoms with Crippen molar-refractivity contribution in [2.24, 2.45) is 5.41 Å². The van der Waals surface area contributed by atoms with Crippen molar-refractivity contribution in [3.05, 3.63) is 70.8 Å². The van der Waals surface area contributed by atoms with Crippen LogP contribution >= 0.6 is 0 Å². The molecule has 0 saturated heterocycles. The lowest BCUT2D eigenvalue weighted by Gasteiger charge is -2.35. The van der Waals surface area contributed by atoms with Crippen LogP contribution in [-0.4, -0.2) is 11.6 Å². The van der Waals surface area contributed by atoms with E-state index in [2.05, 4.69) is 26.8 Å². The number of rotatable bonds is 0. The van der Waals surface area contributed by atoms with Crippen LogP contribution in [0.5, 0.6) is 0 Å². The van der Waals surface area contributed by atoms with Crippen LogP contribution in [0.15, 0.2) is 48.5 Å². The minimum absolute atomic E-state index is 0.0487. The van der Waals surface area contributed by atoms with E-state index in [9.17, 15) is 9.59 Å². The average Bonchev–Trinajstić information content (AvgIpc) is 2.46. The van der Waals surface area contributed by atoms with Gasteiger partial charge in [0.2, 0.25) is 11.6 Å². The van der Waals surface area contributed by atoms with E-state index in [1.54, 1.807) is 6.07 Å². The first kappa shape index (κ1) is 14.7. The van der Waals surface area contributed by atoms with Gasteiger partial charge in [-0.05, 0) is 22.1 Å². The summed E-state index contributed by atoms with van der Waals surface area (Å²) in [5, 5.41) is 0. The van der Waals surface area contributed by atoms with Crippen LogP contribution in [0.3, 0.4) is 0 Å². The van der Waals surface area contributed by atoms with Gasteiger partial charge in [0.05, 0.1) is 0 Å². The second-order valence-corrected chi connectivity index (χ2v) is 7.01. The van der Waals surface area contributed by atoms with E-state index in [0.717, 1.165) is 16.7 Å². The Bertz CT molecular complexity index is 750. The number of ketones is 2. The largest absolute Gasteiger partial charge is 0.290 e. The second-order valence-electron chi connectivity index (χ2n) is 7.01. The van der Waals surface area contributed by atoms with Crippen molar-refractivity contribution in [1.29, 1.82) is 0 Å². The highest BCUT2D eigenvalue weighted by atomic mass is 16.2. The van der Waals surface area contributed by atoms with Gasteiger partial charge in [-0.3, -0.25) is 9.59 Å². The van der Waals surface area contributed by atoms with Gasteiger partial charge in [0.15, 0.2) is 0 Å². The van der Waals surface area contributed by atoms with Crippen molar-refractivity contribution in [1.82, 2.24) is 0 Å². The Labute approximate surface area is 131 Å². The molecule has 0 aliphatic heterocycles. The van der Waals surface area contributed by atoms with Crippen molar-refractivity contribution in [3.63, 3.8) is 0 Å². The Hall–Kier alpha value is -2.22. The Morgan fingerprint density at radius 1 is 0.864 bits per heavy atom. The van der Waals surface area contributed by atoms with Crippen molar-refractivity contribution in [2.75, 3.05) is 0 Å². The molecular formula is C20H20O2. The molecule has 0 fully saturated rings. The van der Waals surface area contributed by atoms with E-state index in [4.69, 9.17) is 0 Å². The summed E-state index contributed by atoms with van der Waals surface area (Å²) in [4.78, 5) is 24.8. The number of fused-ring (bicyclic) bond motifs is 2. The molecule has 2 nitrogen and oxygen atoms in total. The van der Waals surface area contributed by atoms with Gasteiger partial charge in [-0.15, -0.1) is 0 Å². The Morgan fingerprint density at radius 2 is 1.45 bits per heavy atom. The molecule has 0 radical (unpaired) electrons. The topological polar surface area (TPSA) is 34.1 Å². The van der Waals surface area contributed by atoms with Crippen molar-refractivity contribution in [3.8, 4) is 0 Å². The molecule has 1 aliphatic carbocycles. The fourth-order valence-corrected chi connectivity index (χ4v) is 3.44. The first-order valence-electron chi connectivity index (χ1n) is 7.64. The molecule has 2 heteroatoms. The second kappa shape index (κ2) is 5.20. The molecule has 22 heavy (non-hydrogen) atoms. The molecule has 0 aromatic heterocycles. The van der Waals surface area contributed by atoms with Gasteiger partial charge in [0, 0.05) is 17.9 Å². The third-order valence-electron chi connectivity index (χ3n) is 4.35. The predicted octanol–water partition coefficient (Wildman–Crippen LogP) is 4.17. The van der Waals surface area contributed by atoms with Crippen LogP contribution in [0.4, 0.5) is 0 Å². The van der Waals surface area contributed by atoms with Crippen molar-refractivity contribution >= 4 is 11.6 Å². The molecule has 112 valence electrons. The van der Waals surface area contributed by atoms with E-state index in [-0.39, 0.29) is 29.3 Å². The molecule has 1 aliphatic rings. The number of hydrogen-bond donors (Lipinski definition) is 0. The Balaban J connectivity index is 2.35. The number of benzene rings is 2. The highest BCUT2D eigenvalue weighted by Gasteiger charge is 2.35. The number of hydrogen-bond acceptors (Lipinski definition) is 2. The Morgan fingerprint density at radius 3 is 2.14 bits per heavy atom. The molecule has 0 heterocycles. The highest BCUT2D eigenvalue weighted by Crippen LogP contribution is 2.44. The van der Waals surface area contributed by atoms with Crippen LogP contribution in [0.25, 0.3) is 0 Å². The smallest absolute Gasteiger partial charge is 0.229 e. The number of carbonyl (C=O) groups excluding carboxylic acids is 2. The molecular weight excluding hydrogens is 272 g/mol. The average molecular weight is 292 g/mol. The molecule has 0 N–H and O–H groups in total. The maximum absolute atomic E-state index is 12.5. The van der Waals surface area contributed by atoms with Gasteiger partial charge in [-0.2, -0.15) is 0 Å². The molecule has 2 aromatic rings. The summed E-state index contributed by atoms with van der Waals surface area (Å²) < 4.78 is 0. The third kappa shape index (κ3) is 2.39. The minimum atomic E-state index is -0.362. The third-order valence-corrected chi connectivity index (χ3v) is 4.35. The standard InChI is InChI=1S/C20H20O2/c1-20(2,3)18-14-9-5-4-8-13(14)12-17(21)19(22)16-11-7-6-10-15(16)18/h4-11,18H,12H2,1-3H3. The van der Waals surface area contributed by atoms with Crippen LogP contribution in [0, 0.1) is 5.41 Å². The molecule has 0 bridgehead atoms. The number of carbonyl (C=O) groups is 2. The van der Waals surface area contributed by atoms with E-state index in [0.29, 0.717) is 5.56 Å². The molecule has 1 unspecified atom stereocenters. The summed E-state index contributed by atoms with van der Waals surface area (Å²) in [5.74, 6) is -0.594. The summed E-state index contributed by atoms with van der Waals surface area (Å²) in [6, 6.07) is 15.5. The number of Topliss-reactive ketones (excluding diaryl/α,β-unsaturated/α-hetero) is 2. The van der Waals surface area contributed by atoms with Crippen molar-refractivity contribution in [2.45, 2.75) is 33.1 Å². The summed E-state index contributed by atoms with van der Waals surface area (Å²) in [6.07, 6.45) is 0.190. The molecule has 0 spiro atoms. The van der Waals surface area contributed by atoms with Gasteiger partial charge in [0.1, 0.15) is 0 Å². The summed E-state index contributed by atoms with van der Waals surface area (Å²) in [7, 11) is 0. The highest BCUT2D eigenvalue weighted by molar-refractivity contribution is 6.44. The van der Waals surface area contributed by atoms with E-state index in [1.807, 2.05) is 36.4 Å². The summed E-state index contributed by atoms with van der Waals surface area (Å²) in [6.45, 7) is 6.54. The van der Waals surface area contributed by atoms with Crippen LogP contribution in [0.1, 0.15) is 53.7 Å². The molecule has 3 rings (SSSR count). The van der Waals surface area contributed by atoms with Gasteiger partial charge in [0.25, 0.3) is 0 Å². The molecule has 1 atom stereocenters. The maximum Gasteiger partial charge on any atom is 0.229 e. The fourth-order valence-electron chi connectivity index (χ4n) is 3.44.